The average molecular weight is 359 g/mol. The van der Waals surface area contributed by atoms with Crippen molar-refractivity contribution >= 4 is 16.9 Å². The third-order valence-electron chi connectivity index (χ3n) is 4.57. The Bertz CT molecular complexity index is 1210. The molecule has 0 fully saturated rings. The molecule has 0 saturated heterocycles. The number of Topliss-reactive ketones (excluding diaryl/α,β-unsaturated/α-hetero) is 1. The van der Waals surface area contributed by atoms with Crippen molar-refractivity contribution in [2.75, 3.05) is 0 Å². The molecule has 2 aromatic carbocycles. The van der Waals surface area contributed by atoms with Crippen LogP contribution in [0.5, 0.6) is 0 Å². The molecule has 4 rings (SSSR count). The van der Waals surface area contributed by atoms with Crippen LogP contribution in [0, 0.1) is 13.8 Å². The fraction of sp³-hybridized carbons (Fsp3) is 0.150. The number of hydrogen-bond acceptors (Lipinski definition) is 5. The van der Waals surface area contributed by atoms with Gasteiger partial charge in [-0.05, 0) is 37.1 Å². The van der Waals surface area contributed by atoms with Crippen LogP contribution in [0.4, 0.5) is 0 Å². The quantitative estimate of drug-likeness (QED) is 0.523. The van der Waals surface area contributed by atoms with Crippen LogP contribution in [0.3, 0.4) is 0 Å². The van der Waals surface area contributed by atoms with Gasteiger partial charge in [-0.25, -0.2) is 4.98 Å². The molecule has 0 radical (unpaired) electrons. The topological polar surface area (TPSA) is 82.7 Å². The molecule has 0 saturated carbocycles. The van der Waals surface area contributed by atoms with E-state index in [1.54, 1.807) is 24.3 Å². The van der Waals surface area contributed by atoms with Gasteiger partial charge >= 0.3 is 0 Å². The fourth-order valence-corrected chi connectivity index (χ4v) is 2.86. The highest BCUT2D eigenvalue weighted by Gasteiger charge is 2.15. The van der Waals surface area contributed by atoms with Gasteiger partial charge in [0.25, 0.3) is 5.56 Å². The van der Waals surface area contributed by atoms with E-state index in [9.17, 15) is 9.59 Å². The zero-order chi connectivity index (χ0) is 19.0. The normalized spacial score (nSPS) is 11.0. The summed E-state index contributed by atoms with van der Waals surface area (Å²) >= 11 is 0. The maximum Gasteiger partial charge on any atom is 0.283 e. The Kier molecular flexibility index (Phi) is 4.12. The largest absolute Gasteiger partial charge is 0.292 e. The van der Waals surface area contributed by atoms with E-state index in [1.165, 1.54) is 15.6 Å². The fourth-order valence-electron chi connectivity index (χ4n) is 2.86. The van der Waals surface area contributed by atoms with Crippen molar-refractivity contribution in [1.29, 1.82) is 0 Å². The Morgan fingerprint density at radius 2 is 1.81 bits per heavy atom. The minimum atomic E-state index is -0.389. The Morgan fingerprint density at radius 3 is 2.56 bits per heavy atom. The van der Waals surface area contributed by atoms with E-state index >= 15 is 0 Å². The van der Waals surface area contributed by atoms with E-state index in [1.807, 2.05) is 38.1 Å². The third kappa shape index (κ3) is 3.03. The minimum Gasteiger partial charge on any atom is -0.292 e. The van der Waals surface area contributed by atoms with Crippen LogP contribution < -0.4 is 5.56 Å². The van der Waals surface area contributed by atoms with Crippen LogP contribution in [0.2, 0.25) is 0 Å². The number of carbonyl (C=O) groups excluding carboxylic acids is 1. The maximum atomic E-state index is 12.7. The van der Waals surface area contributed by atoms with Crippen LogP contribution >= 0.6 is 0 Å². The molecular formula is C20H17N5O2. The summed E-state index contributed by atoms with van der Waals surface area (Å²) in [5, 5.41) is 8.07. The van der Waals surface area contributed by atoms with Gasteiger partial charge in [-0.1, -0.05) is 41.6 Å². The van der Waals surface area contributed by atoms with E-state index in [2.05, 4.69) is 15.3 Å². The standard InChI is InChI=1S/C20H17N5O2/c1-13-8-9-16(10-14(13)2)25-19-18(22-23-25)20(27)24(12-21-19)11-17(26)15-6-4-3-5-7-15/h3-10,12H,11H2,1-2H3. The number of aryl methyl sites for hydroxylation is 2. The lowest BCUT2D eigenvalue weighted by Crippen LogP contribution is -2.25. The second-order valence-corrected chi connectivity index (χ2v) is 6.41. The second-order valence-electron chi connectivity index (χ2n) is 6.41. The number of ketones is 1. The summed E-state index contributed by atoms with van der Waals surface area (Å²) in [6, 6.07) is 14.7. The number of aromatic nitrogens is 5. The van der Waals surface area contributed by atoms with Crippen LogP contribution in [0.1, 0.15) is 21.5 Å². The second kappa shape index (κ2) is 6.60. The molecule has 7 heteroatoms. The molecule has 7 nitrogen and oxygen atoms in total. The van der Waals surface area contributed by atoms with Crippen LogP contribution in [-0.4, -0.2) is 30.3 Å². The first-order chi connectivity index (χ1) is 13.0. The van der Waals surface area contributed by atoms with Crippen molar-refractivity contribution < 1.29 is 4.79 Å². The number of fused-ring (bicyclic) bond motifs is 1. The van der Waals surface area contributed by atoms with E-state index in [4.69, 9.17) is 0 Å². The first-order valence-electron chi connectivity index (χ1n) is 8.51. The number of nitrogens with zero attached hydrogens (tertiary/aromatic N) is 5. The molecule has 0 aliphatic heterocycles. The summed E-state index contributed by atoms with van der Waals surface area (Å²) < 4.78 is 2.80. The summed E-state index contributed by atoms with van der Waals surface area (Å²) in [6.07, 6.45) is 1.37. The van der Waals surface area contributed by atoms with Crippen LogP contribution in [0.25, 0.3) is 16.9 Å². The van der Waals surface area contributed by atoms with Gasteiger partial charge in [0.1, 0.15) is 6.33 Å². The van der Waals surface area contributed by atoms with Gasteiger partial charge in [0, 0.05) is 5.56 Å². The molecule has 0 aliphatic carbocycles. The Balaban J connectivity index is 1.72. The van der Waals surface area contributed by atoms with E-state index in [0.717, 1.165) is 16.8 Å². The van der Waals surface area contributed by atoms with Crippen molar-refractivity contribution in [1.82, 2.24) is 24.5 Å². The lowest BCUT2D eigenvalue weighted by Gasteiger charge is -2.06. The molecule has 0 bridgehead atoms. The lowest BCUT2D eigenvalue weighted by molar-refractivity contribution is 0.0970. The van der Waals surface area contributed by atoms with E-state index in [0.29, 0.717) is 11.2 Å². The third-order valence-corrected chi connectivity index (χ3v) is 4.57. The van der Waals surface area contributed by atoms with Gasteiger partial charge in [0.15, 0.2) is 16.9 Å². The van der Waals surface area contributed by atoms with E-state index < -0.39 is 0 Å². The van der Waals surface area contributed by atoms with Gasteiger partial charge in [-0.15, -0.1) is 5.10 Å². The SMILES string of the molecule is Cc1ccc(-n2nnc3c(=O)n(CC(=O)c4ccccc4)cnc32)cc1C. The molecule has 4 aromatic rings. The highest BCUT2D eigenvalue weighted by molar-refractivity contribution is 5.95. The molecular weight excluding hydrogens is 342 g/mol. The van der Waals surface area contributed by atoms with Crippen molar-refractivity contribution in [3.05, 3.63) is 81.9 Å². The van der Waals surface area contributed by atoms with Gasteiger partial charge < -0.3 is 0 Å². The zero-order valence-electron chi connectivity index (χ0n) is 15.0. The Morgan fingerprint density at radius 1 is 1.04 bits per heavy atom. The highest BCUT2D eigenvalue weighted by Crippen LogP contribution is 2.16. The summed E-state index contributed by atoms with van der Waals surface area (Å²) in [7, 11) is 0. The predicted molar refractivity (Wildman–Crippen MR) is 101 cm³/mol. The summed E-state index contributed by atoms with van der Waals surface area (Å²) in [5.41, 5.74) is 3.72. The van der Waals surface area contributed by atoms with Gasteiger partial charge in [0.05, 0.1) is 12.2 Å². The predicted octanol–water partition coefficient (Wildman–Crippen LogP) is 2.48. The first-order valence-corrected chi connectivity index (χ1v) is 8.51. The number of hydrogen-bond donors (Lipinski definition) is 0. The van der Waals surface area contributed by atoms with Gasteiger partial charge in [-0.3, -0.25) is 14.2 Å². The van der Waals surface area contributed by atoms with Crippen molar-refractivity contribution in [3.8, 4) is 5.69 Å². The molecule has 0 aliphatic rings. The maximum absolute atomic E-state index is 12.7. The summed E-state index contributed by atoms with van der Waals surface area (Å²) in [5.74, 6) is -0.166. The van der Waals surface area contributed by atoms with Crippen molar-refractivity contribution in [2.24, 2.45) is 0 Å². The average Bonchev–Trinajstić information content (AvgIpc) is 3.12. The van der Waals surface area contributed by atoms with Crippen molar-refractivity contribution in [2.45, 2.75) is 20.4 Å². The van der Waals surface area contributed by atoms with Gasteiger partial charge in [0.2, 0.25) is 0 Å². The highest BCUT2D eigenvalue weighted by atomic mass is 16.1. The molecule has 27 heavy (non-hydrogen) atoms. The first kappa shape index (κ1) is 16.8. The van der Waals surface area contributed by atoms with Gasteiger partial charge in [-0.2, -0.15) is 4.68 Å². The number of benzene rings is 2. The Labute approximate surface area is 154 Å². The molecule has 0 spiro atoms. The van der Waals surface area contributed by atoms with Crippen LogP contribution in [-0.2, 0) is 6.54 Å². The molecule has 0 unspecified atom stereocenters. The van der Waals surface area contributed by atoms with Crippen molar-refractivity contribution in [3.63, 3.8) is 0 Å². The summed E-state index contributed by atoms with van der Waals surface area (Å²) in [6.45, 7) is 3.94. The lowest BCUT2D eigenvalue weighted by atomic mass is 10.1. The molecule has 2 heterocycles. The Hall–Kier alpha value is -3.61. The molecule has 0 N–H and O–H groups in total. The molecule has 2 aromatic heterocycles. The minimum absolute atomic E-state index is 0.0950. The molecule has 0 atom stereocenters. The molecule has 134 valence electrons. The number of carbonyl (C=O) groups is 1. The smallest absolute Gasteiger partial charge is 0.283 e. The number of rotatable bonds is 4. The monoisotopic (exact) mass is 359 g/mol. The van der Waals surface area contributed by atoms with E-state index in [-0.39, 0.29) is 23.4 Å². The summed E-state index contributed by atoms with van der Waals surface area (Å²) in [4.78, 5) is 29.4. The zero-order valence-corrected chi connectivity index (χ0v) is 15.0. The van der Waals surface area contributed by atoms with Crippen LogP contribution in [0.15, 0.2) is 59.7 Å². The molecule has 0 amide bonds.